The van der Waals surface area contributed by atoms with Gasteiger partial charge in [-0.1, -0.05) is 30.9 Å². The second kappa shape index (κ2) is 6.43. The van der Waals surface area contributed by atoms with Crippen LogP contribution in [-0.4, -0.2) is 30.8 Å². The highest BCUT2D eigenvalue weighted by atomic mass is 35.5. The topological polar surface area (TPSA) is 90.0 Å². The number of rotatable bonds is 5. The van der Waals surface area contributed by atoms with Crippen LogP contribution >= 0.6 is 11.6 Å². The van der Waals surface area contributed by atoms with Gasteiger partial charge in [0.15, 0.2) is 5.03 Å². The van der Waals surface area contributed by atoms with Crippen molar-refractivity contribution in [3.05, 3.63) is 11.2 Å². The Hall–Kier alpha value is -0.630. The van der Waals surface area contributed by atoms with E-state index in [1.165, 1.54) is 17.3 Å². The lowest BCUT2D eigenvalue weighted by molar-refractivity contribution is 0.293. The summed E-state index contributed by atoms with van der Waals surface area (Å²) in [5, 5.41) is 3.98. The van der Waals surface area contributed by atoms with E-state index in [4.69, 9.17) is 17.3 Å². The predicted octanol–water partition coefficient (Wildman–Crippen LogP) is 1.26. The molecule has 20 heavy (non-hydrogen) atoms. The quantitative estimate of drug-likeness (QED) is 0.854. The minimum Gasteiger partial charge on any atom is -0.329 e. The van der Waals surface area contributed by atoms with Gasteiger partial charge in [0, 0.05) is 19.6 Å². The summed E-state index contributed by atoms with van der Waals surface area (Å²) in [4.78, 5) is 0. The van der Waals surface area contributed by atoms with Crippen molar-refractivity contribution in [2.24, 2.45) is 18.7 Å². The molecular formula is C12H21ClN4O2S. The Morgan fingerprint density at radius 1 is 1.50 bits per heavy atom. The molecule has 0 bridgehead atoms. The summed E-state index contributed by atoms with van der Waals surface area (Å²) in [6, 6.07) is -0.244. The Morgan fingerprint density at radius 2 is 2.15 bits per heavy atom. The zero-order valence-corrected chi connectivity index (χ0v) is 13.1. The molecule has 0 spiro atoms. The summed E-state index contributed by atoms with van der Waals surface area (Å²) >= 11 is 5.91. The number of hydrogen-bond acceptors (Lipinski definition) is 4. The van der Waals surface area contributed by atoms with Crippen molar-refractivity contribution in [1.82, 2.24) is 14.5 Å². The van der Waals surface area contributed by atoms with Crippen LogP contribution in [0.5, 0.6) is 0 Å². The molecule has 3 N–H and O–H groups in total. The molecule has 1 aliphatic rings. The number of halogens is 1. The molecule has 0 saturated heterocycles. The van der Waals surface area contributed by atoms with Crippen LogP contribution in [0.15, 0.2) is 11.2 Å². The van der Waals surface area contributed by atoms with Gasteiger partial charge in [-0.2, -0.15) is 5.10 Å². The maximum atomic E-state index is 12.4. The van der Waals surface area contributed by atoms with Crippen LogP contribution < -0.4 is 10.5 Å². The molecule has 1 saturated carbocycles. The first-order valence-corrected chi connectivity index (χ1v) is 8.71. The van der Waals surface area contributed by atoms with E-state index >= 15 is 0 Å². The predicted molar refractivity (Wildman–Crippen MR) is 78.0 cm³/mol. The van der Waals surface area contributed by atoms with Gasteiger partial charge in [-0.25, -0.2) is 13.1 Å². The van der Waals surface area contributed by atoms with Crippen LogP contribution in [0, 0.1) is 5.92 Å². The normalized spacial score (nSPS) is 19.1. The third kappa shape index (κ3) is 3.33. The van der Waals surface area contributed by atoms with Crippen LogP contribution in [0.4, 0.5) is 0 Å². The molecule has 6 nitrogen and oxygen atoms in total. The molecule has 1 unspecified atom stereocenters. The van der Waals surface area contributed by atoms with E-state index < -0.39 is 10.0 Å². The minimum absolute atomic E-state index is 0.00609. The standard InChI is InChI=1S/C12H21ClN4O2S/c1-17-12(10(13)8-15-17)20(18,19)16-11(7-14)9-5-3-2-4-6-9/h8-9,11,16H,2-7,14H2,1H3. The Morgan fingerprint density at radius 3 is 2.65 bits per heavy atom. The van der Waals surface area contributed by atoms with E-state index in [0.29, 0.717) is 12.5 Å². The summed E-state index contributed by atoms with van der Waals surface area (Å²) in [6.07, 6.45) is 6.85. The number of aromatic nitrogens is 2. The van der Waals surface area contributed by atoms with Gasteiger partial charge in [-0.3, -0.25) is 4.68 Å². The molecule has 1 atom stereocenters. The molecule has 0 radical (unpaired) electrons. The summed E-state index contributed by atoms with van der Waals surface area (Å²) in [6.45, 7) is 0.291. The third-order valence-electron chi connectivity index (χ3n) is 3.88. The maximum absolute atomic E-state index is 12.4. The fraction of sp³-hybridized carbons (Fsp3) is 0.750. The van der Waals surface area contributed by atoms with E-state index in [0.717, 1.165) is 25.7 Å². The van der Waals surface area contributed by atoms with Crippen molar-refractivity contribution in [2.75, 3.05) is 6.54 Å². The largest absolute Gasteiger partial charge is 0.329 e. The molecule has 1 aliphatic carbocycles. The van der Waals surface area contributed by atoms with Crippen molar-refractivity contribution in [2.45, 2.75) is 43.2 Å². The van der Waals surface area contributed by atoms with Crippen LogP contribution in [0.25, 0.3) is 0 Å². The minimum atomic E-state index is -3.70. The first kappa shape index (κ1) is 15.8. The molecule has 0 amide bonds. The molecule has 1 aromatic rings. The van der Waals surface area contributed by atoms with Crippen molar-refractivity contribution >= 4 is 21.6 Å². The molecule has 1 heterocycles. The fourth-order valence-corrected chi connectivity index (χ4v) is 4.80. The Labute approximate surface area is 124 Å². The molecule has 114 valence electrons. The van der Waals surface area contributed by atoms with Crippen molar-refractivity contribution in [3.8, 4) is 0 Å². The summed E-state index contributed by atoms with van der Waals surface area (Å²) in [7, 11) is -2.15. The summed E-state index contributed by atoms with van der Waals surface area (Å²) < 4.78 is 28.8. The van der Waals surface area contributed by atoms with E-state index in [-0.39, 0.29) is 16.1 Å². The molecule has 0 aliphatic heterocycles. The number of hydrogen-bond donors (Lipinski definition) is 2. The number of nitrogens with one attached hydrogen (secondary N) is 1. The lowest BCUT2D eigenvalue weighted by atomic mass is 9.84. The molecule has 1 aromatic heterocycles. The highest BCUT2D eigenvalue weighted by molar-refractivity contribution is 7.89. The Balaban J connectivity index is 2.17. The lowest BCUT2D eigenvalue weighted by Gasteiger charge is -2.29. The Kier molecular flexibility index (Phi) is 5.06. The van der Waals surface area contributed by atoms with Crippen molar-refractivity contribution in [3.63, 3.8) is 0 Å². The first-order valence-electron chi connectivity index (χ1n) is 6.85. The zero-order chi connectivity index (χ0) is 14.8. The van der Waals surface area contributed by atoms with Gasteiger partial charge in [-0.15, -0.1) is 0 Å². The number of nitrogens with zero attached hydrogens (tertiary/aromatic N) is 2. The van der Waals surface area contributed by atoms with Gasteiger partial charge in [0.25, 0.3) is 10.0 Å². The second-order valence-electron chi connectivity index (χ2n) is 5.28. The van der Waals surface area contributed by atoms with Gasteiger partial charge in [-0.05, 0) is 18.8 Å². The van der Waals surface area contributed by atoms with E-state index in [9.17, 15) is 8.42 Å². The molecule has 0 aromatic carbocycles. The van der Waals surface area contributed by atoms with E-state index in [1.807, 2.05) is 0 Å². The van der Waals surface area contributed by atoms with Crippen LogP contribution in [-0.2, 0) is 17.1 Å². The molecule has 8 heteroatoms. The summed E-state index contributed by atoms with van der Waals surface area (Å²) in [5.41, 5.74) is 5.76. The van der Waals surface area contributed by atoms with E-state index in [1.54, 1.807) is 7.05 Å². The third-order valence-corrected chi connectivity index (χ3v) is 5.87. The average Bonchev–Trinajstić information content (AvgIpc) is 2.77. The smallest absolute Gasteiger partial charge is 0.259 e. The molecule has 1 fully saturated rings. The summed E-state index contributed by atoms with van der Waals surface area (Å²) in [5.74, 6) is 0.301. The monoisotopic (exact) mass is 320 g/mol. The maximum Gasteiger partial charge on any atom is 0.259 e. The first-order chi connectivity index (χ1) is 9.45. The SMILES string of the molecule is Cn1ncc(Cl)c1S(=O)(=O)NC(CN)C1CCCCC1. The van der Waals surface area contributed by atoms with Crippen molar-refractivity contribution < 1.29 is 8.42 Å². The Bertz CT molecular complexity index is 532. The highest BCUT2D eigenvalue weighted by Gasteiger charge is 2.30. The lowest BCUT2D eigenvalue weighted by Crippen LogP contribution is -2.46. The van der Waals surface area contributed by atoms with Crippen molar-refractivity contribution in [1.29, 1.82) is 0 Å². The number of aryl methyl sites for hydroxylation is 1. The average molecular weight is 321 g/mol. The van der Waals surface area contributed by atoms with Gasteiger partial charge >= 0.3 is 0 Å². The highest BCUT2D eigenvalue weighted by Crippen LogP contribution is 2.27. The van der Waals surface area contributed by atoms with Gasteiger partial charge in [0.1, 0.15) is 0 Å². The van der Waals surface area contributed by atoms with Gasteiger partial charge in [0.05, 0.1) is 11.2 Å². The van der Waals surface area contributed by atoms with Crippen LogP contribution in [0.1, 0.15) is 32.1 Å². The second-order valence-corrected chi connectivity index (χ2v) is 7.32. The van der Waals surface area contributed by atoms with Crippen LogP contribution in [0.2, 0.25) is 5.02 Å². The van der Waals surface area contributed by atoms with E-state index in [2.05, 4.69) is 9.82 Å². The fourth-order valence-electron chi connectivity index (χ4n) is 2.83. The molecule has 2 rings (SSSR count). The molecular weight excluding hydrogens is 300 g/mol. The number of sulfonamides is 1. The zero-order valence-electron chi connectivity index (χ0n) is 11.5. The number of nitrogens with two attached hydrogens (primary N) is 1. The van der Waals surface area contributed by atoms with Gasteiger partial charge < -0.3 is 5.73 Å². The van der Waals surface area contributed by atoms with Gasteiger partial charge in [0.2, 0.25) is 0 Å². The van der Waals surface area contributed by atoms with Crippen LogP contribution in [0.3, 0.4) is 0 Å².